The Bertz CT molecular complexity index is 271. The van der Waals surface area contributed by atoms with Gasteiger partial charge >= 0.3 is 14.6 Å². The molecular formula is C18H40B2O8. The predicted molar refractivity (Wildman–Crippen MR) is 109 cm³/mol. The Labute approximate surface area is 170 Å². The van der Waals surface area contributed by atoms with Gasteiger partial charge in [-0.15, -0.1) is 0 Å². The molecule has 4 N–H and O–H groups in total. The molecule has 0 aromatic heterocycles. The summed E-state index contributed by atoms with van der Waals surface area (Å²) in [6.07, 6.45) is 12.4. The van der Waals surface area contributed by atoms with Gasteiger partial charge in [-0.05, 0) is 38.5 Å². The van der Waals surface area contributed by atoms with Crippen molar-refractivity contribution in [3.63, 3.8) is 0 Å². The van der Waals surface area contributed by atoms with Crippen LogP contribution in [0.3, 0.4) is 0 Å². The Kier molecular flexibility index (Phi) is 22.9. The highest BCUT2D eigenvalue weighted by molar-refractivity contribution is 6.32. The summed E-state index contributed by atoms with van der Waals surface area (Å²) < 4.78 is 20.5. The van der Waals surface area contributed by atoms with Gasteiger partial charge in [-0.25, -0.2) is 0 Å². The lowest BCUT2D eigenvalue weighted by Crippen LogP contribution is -2.17. The zero-order valence-electron chi connectivity index (χ0n) is 17.3. The largest absolute Gasteiger partial charge is 0.633 e. The average Bonchev–Trinajstić information content (AvgIpc) is 2.65. The second-order valence-electron chi connectivity index (χ2n) is 6.86. The van der Waals surface area contributed by atoms with E-state index in [9.17, 15) is 0 Å². The molecule has 8 nitrogen and oxygen atoms in total. The van der Waals surface area contributed by atoms with Gasteiger partial charge < -0.3 is 38.9 Å². The van der Waals surface area contributed by atoms with E-state index in [0.717, 1.165) is 90.6 Å². The first-order chi connectivity index (χ1) is 13.6. The summed E-state index contributed by atoms with van der Waals surface area (Å²) in [5, 5.41) is 34.1. The fraction of sp³-hybridized carbons (Fsp3) is 1.00. The van der Waals surface area contributed by atoms with Crippen LogP contribution in [0, 0.1) is 0 Å². The number of rotatable bonds is 23. The van der Waals surface area contributed by atoms with Crippen LogP contribution >= 0.6 is 0 Å². The van der Waals surface area contributed by atoms with Crippen LogP contribution in [0.1, 0.15) is 77.0 Å². The van der Waals surface area contributed by atoms with Gasteiger partial charge in [0.2, 0.25) is 0 Å². The van der Waals surface area contributed by atoms with Crippen LogP contribution < -0.4 is 0 Å². The molecule has 0 saturated heterocycles. The fourth-order valence-electron chi connectivity index (χ4n) is 2.66. The molecule has 0 aromatic rings. The summed E-state index contributed by atoms with van der Waals surface area (Å²) in [4.78, 5) is 0. The Morgan fingerprint density at radius 3 is 0.857 bits per heavy atom. The Hall–Kier alpha value is -0.190. The first kappa shape index (κ1) is 27.8. The van der Waals surface area contributed by atoms with Crippen LogP contribution in [0.4, 0.5) is 0 Å². The molecule has 0 aliphatic carbocycles. The third-order valence-corrected chi connectivity index (χ3v) is 4.23. The normalized spacial score (nSPS) is 11.1. The third kappa shape index (κ3) is 25.8. The molecule has 0 aliphatic rings. The Morgan fingerprint density at radius 1 is 0.357 bits per heavy atom. The van der Waals surface area contributed by atoms with E-state index < -0.39 is 14.6 Å². The zero-order chi connectivity index (χ0) is 20.7. The third-order valence-electron chi connectivity index (χ3n) is 4.23. The number of unbranched alkanes of at least 4 members (excludes halogenated alkanes) is 9. The average molecular weight is 406 g/mol. The number of ether oxygens (including phenoxy) is 2. The smallest absolute Gasteiger partial charge is 0.402 e. The minimum atomic E-state index is -1.65. The summed E-state index contributed by atoms with van der Waals surface area (Å²) >= 11 is 0. The van der Waals surface area contributed by atoms with Crippen LogP contribution in [0.25, 0.3) is 0 Å². The standard InChI is InChI=1S/C18H40B2O8/c21-19(22)27-17-11-5-3-9-15-25-13-7-1-2-8-14-26-16-10-4-6-12-18-28-20(23)24/h21-24H,1-18H2. The van der Waals surface area contributed by atoms with E-state index in [0.29, 0.717) is 13.2 Å². The van der Waals surface area contributed by atoms with Crippen molar-refractivity contribution in [3.05, 3.63) is 0 Å². The topological polar surface area (TPSA) is 118 Å². The van der Waals surface area contributed by atoms with Crippen LogP contribution in [0.15, 0.2) is 0 Å². The van der Waals surface area contributed by atoms with Crippen molar-refractivity contribution in [1.29, 1.82) is 0 Å². The maximum Gasteiger partial charge on any atom is 0.633 e. The molecule has 0 aromatic carbocycles. The van der Waals surface area contributed by atoms with Crippen molar-refractivity contribution in [2.75, 3.05) is 39.6 Å². The van der Waals surface area contributed by atoms with Crippen LogP contribution in [0.2, 0.25) is 0 Å². The molecule has 0 saturated carbocycles. The first-order valence-corrected chi connectivity index (χ1v) is 10.7. The van der Waals surface area contributed by atoms with E-state index in [1.54, 1.807) is 0 Å². The van der Waals surface area contributed by atoms with E-state index in [4.69, 9.17) is 29.6 Å². The van der Waals surface area contributed by atoms with Crippen molar-refractivity contribution < 1.29 is 38.9 Å². The maximum atomic E-state index is 8.52. The molecule has 0 amide bonds. The van der Waals surface area contributed by atoms with Gasteiger partial charge in [-0.3, -0.25) is 0 Å². The molecular weight excluding hydrogens is 366 g/mol. The highest BCUT2D eigenvalue weighted by atomic mass is 16.6. The molecule has 28 heavy (non-hydrogen) atoms. The first-order valence-electron chi connectivity index (χ1n) is 10.7. The minimum Gasteiger partial charge on any atom is -0.402 e. The SMILES string of the molecule is OB(O)OCCCCCCOCCCCCCOCCCCCCOB(O)O. The van der Waals surface area contributed by atoms with Gasteiger partial charge in [0.15, 0.2) is 0 Å². The minimum absolute atomic E-state index is 0.384. The second-order valence-corrected chi connectivity index (χ2v) is 6.86. The summed E-state index contributed by atoms with van der Waals surface area (Å²) in [5.41, 5.74) is 0. The molecule has 0 fully saturated rings. The zero-order valence-corrected chi connectivity index (χ0v) is 17.3. The van der Waals surface area contributed by atoms with Crippen LogP contribution in [0.5, 0.6) is 0 Å². The van der Waals surface area contributed by atoms with Crippen LogP contribution in [-0.4, -0.2) is 74.4 Å². The van der Waals surface area contributed by atoms with Crippen LogP contribution in [-0.2, 0) is 18.8 Å². The van der Waals surface area contributed by atoms with E-state index in [2.05, 4.69) is 9.31 Å². The van der Waals surface area contributed by atoms with E-state index in [-0.39, 0.29) is 0 Å². The quantitative estimate of drug-likeness (QED) is 0.150. The molecule has 166 valence electrons. The lowest BCUT2D eigenvalue weighted by atomic mass is 10.2. The van der Waals surface area contributed by atoms with Gasteiger partial charge in [0.1, 0.15) is 0 Å². The molecule has 0 bridgehead atoms. The number of hydrogen-bond donors (Lipinski definition) is 4. The summed E-state index contributed by atoms with van der Waals surface area (Å²) in [7, 11) is -3.30. The van der Waals surface area contributed by atoms with Gasteiger partial charge in [-0.1, -0.05) is 38.5 Å². The molecule has 0 spiro atoms. The molecule has 0 unspecified atom stereocenters. The van der Waals surface area contributed by atoms with Crippen molar-refractivity contribution in [1.82, 2.24) is 0 Å². The van der Waals surface area contributed by atoms with Crippen molar-refractivity contribution in [2.24, 2.45) is 0 Å². The Morgan fingerprint density at radius 2 is 0.607 bits per heavy atom. The number of hydrogen-bond acceptors (Lipinski definition) is 8. The Balaban J connectivity index is 3.00. The molecule has 0 atom stereocenters. The van der Waals surface area contributed by atoms with Gasteiger partial charge in [0.05, 0.1) is 0 Å². The van der Waals surface area contributed by atoms with E-state index in [1.807, 2.05) is 0 Å². The molecule has 0 aliphatic heterocycles. The second kappa shape index (κ2) is 23.1. The maximum absolute atomic E-state index is 8.52. The monoisotopic (exact) mass is 406 g/mol. The molecule has 0 radical (unpaired) electrons. The summed E-state index contributed by atoms with van der Waals surface area (Å²) in [6.45, 7) is 3.98. The fourth-order valence-corrected chi connectivity index (χ4v) is 2.66. The van der Waals surface area contributed by atoms with Gasteiger partial charge in [0.25, 0.3) is 0 Å². The predicted octanol–water partition coefficient (Wildman–Crippen LogP) is 1.67. The van der Waals surface area contributed by atoms with E-state index >= 15 is 0 Å². The molecule has 0 heterocycles. The lowest BCUT2D eigenvalue weighted by molar-refractivity contribution is 0.116. The summed E-state index contributed by atoms with van der Waals surface area (Å²) in [6, 6.07) is 0. The highest BCUT2D eigenvalue weighted by Crippen LogP contribution is 2.05. The lowest BCUT2D eigenvalue weighted by Gasteiger charge is -2.06. The molecule has 0 rings (SSSR count). The summed E-state index contributed by atoms with van der Waals surface area (Å²) in [5.74, 6) is 0. The van der Waals surface area contributed by atoms with Crippen molar-refractivity contribution >= 4 is 14.6 Å². The highest BCUT2D eigenvalue weighted by Gasteiger charge is 2.07. The molecule has 10 heteroatoms. The van der Waals surface area contributed by atoms with Gasteiger partial charge in [0, 0.05) is 39.6 Å². The van der Waals surface area contributed by atoms with Crippen molar-refractivity contribution in [2.45, 2.75) is 77.0 Å². The van der Waals surface area contributed by atoms with Crippen molar-refractivity contribution in [3.8, 4) is 0 Å². The van der Waals surface area contributed by atoms with Gasteiger partial charge in [-0.2, -0.15) is 0 Å². The van der Waals surface area contributed by atoms with E-state index in [1.165, 1.54) is 12.8 Å².